The molecule has 38 heavy (non-hydrogen) atoms. The molecule has 1 N–H and O–H groups in total. The van der Waals surface area contributed by atoms with Gasteiger partial charge >= 0.3 is 15.6 Å². The molecule has 0 bridgehead atoms. The second kappa shape index (κ2) is 16.9. The van der Waals surface area contributed by atoms with Crippen molar-refractivity contribution in [1.29, 1.82) is 0 Å². The number of hydrogen-bond acceptors (Lipinski definition) is 8. The van der Waals surface area contributed by atoms with Gasteiger partial charge < -0.3 is 19.3 Å². The van der Waals surface area contributed by atoms with Gasteiger partial charge in [-0.05, 0) is 44.4 Å². The van der Waals surface area contributed by atoms with Gasteiger partial charge in [0, 0.05) is 17.0 Å². The fraction of sp³-hybridized carbons (Fsp3) is 0.500. The maximum atomic E-state index is 11.1. The molecule has 0 aromatic heterocycles. The summed E-state index contributed by atoms with van der Waals surface area (Å²) in [5, 5.41) is 10.5. The Bertz CT molecular complexity index is 1050. The Labute approximate surface area is 222 Å². The largest absolute Gasteiger partial charge is 0.523 e. The summed E-state index contributed by atoms with van der Waals surface area (Å²) in [5.74, 6) is 1.75. The van der Waals surface area contributed by atoms with Crippen LogP contribution in [0.2, 0.25) is 0 Å². The topological polar surface area (TPSA) is 108 Å². The van der Waals surface area contributed by atoms with Crippen molar-refractivity contribution in [3.05, 3.63) is 59.7 Å². The smallest absolute Gasteiger partial charge is 0.496 e. The van der Waals surface area contributed by atoms with E-state index >= 15 is 0 Å². The number of benzene rings is 1. The molecular formula is C26H37F3O8S. The second-order valence-corrected chi connectivity index (χ2v) is 10.2. The average molecular weight is 567 g/mol. The molecule has 2 atom stereocenters. The molecule has 0 saturated heterocycles. The number of allylic oxidation sites excluding steroid dienone is 2. The molecule has 0 amide bonds. The van der Waals surface area contributed by atoms with Gasteiger partial charge in [0.2, 0.25) is 0 Å². The van der Waals surface area contributed by atoms with Crippen LogP contribution in [0.4, 0.5) is 13.2 Å². The molecule has 1 aromatic carbocycles. The van der Waals surface area contributed by atoms with E-state index in [-0.39, 0.29) is 12.5 Å². The maximum absolute atomic E-state index is 11.1. The lowest BCUT2D eigenvalue weighted by molar-refractivity contribution is -0.129. The van der Waals surface area contributed by atoms with Gasteiger partial charge in [-0.2, -0.15) is 21.6 Å². The van der Waals surface area contributed by atoms with Crippen molar-refractivity contribution in [1.82, 2.24) is 0 Å². The normalized spacial score (nSPS) is 13.9. The first kappa shape index (κ1) is 35.2. The molecule has 216 valence electrons. The monoisotopic (exact) mass is 566 g/mol. The minimum atomic E-state index is -5.34. The predicted molar refractivity (Wildman–Crippen MR) is 138 cm³/mol. The lowest BCUT2D eigenvalue weighted by atomic mass is 9.97. The van der Waals surface area contributed by atoms with Crippen LogP contribution in [0.25, 0.3) is 0 Å². The van der Waals surface area contributed by atoms with E-state index in [9.17, 15) is 31.5 Å². The Balaban J connectivity index is 0.00000129. The predicted octanol–water partition coefficient (Wildman–Crippen LogP) is 5.42. The van der Waals surface area contributed by atoms with Crippen LogP contribution >= 0.6 is 0 Å². The summed E-state index contributed by atoms with van der Waals surface area (Å²) in [6, 6.07) is 3.74. The fourth-order valence-corrected chi connectivity index (χ4v) is 3.34. The van der Waals surface area contributed by atoms with E-state index in [2.05, 4.69) is 24.6 Å². The summed E-state index contributed by atoms with van der Waals surface area (Å²) in [5.41, 5.74) is -2.63. The second-order valence-electron chi connectivity index (χ2n) is 8.48. The van der Waals surface area contributed by atoms with E-state index < -0.39 is 21.7 Å². The van der Waals surface area contributed by atoms with Crippen LogP contribution in [-0.4, -0.2) is 52.9 Å². The third-order valence-electron chi connectivity index (χ3n) is 5.00. The molecule has 0 saturated carbocycles. The molecule has 1 aromatic rings. The highest BCUT2D eigenvalue weighted by molar-refractivity contribution is 7.87. The standard InChI is InChI=1S/C24H34O5.C2H3F3O3S/c1-7-20(15-28-16-25)14-18(4)9-8-12-29-23-11-10-21(22(26)13-17(2)3)24(27-6)19(23)5;1-8-9(6,7)2(3,4)5/h7-11,14,16-17,20,22,26H,1,12-13,15H2,2-6H3;1H3/b9-8-,18-14-;. The molecule has 0 aliphatic carbocycles. The van der Waals surface area contributed by atoms with Gasteiger partial charge in [0.15, 0.2) is 0 Å². The molecule has 0 heterocycles. The van der Waals surface area contributed by atoms with Gasteiger partial charge in [0.1, 0.15) is 24.7 Å². The quantitative estimate of drug-likeness (QED) is 0.105. The number of aliphatic hydroxyl groups excluding tert-OH is 1. The first-order chi connectivity index (χ1) is 17.6. The van der Waals surface area contributed by atoms with Gasteiger partial charge in [0.25, 0.3) is 6.47 Å². The van der Waals surface area contributed by atoms with Crippen molar-refractivity contribution < 1.29 is 49.9 Å². The van der Waals surface area contributed by atoms with Crippen LogP contribution in [0, 0.1) is 18.8 Å². The zero-order valence-corrected chi connectivity index (χ0v) is 23.3. The number of carbonyl (C=O) groups excluding carboxylic acids is 1. The van der Waals surface area contributed by atoms with Crippen LogP contribution in [0.3, 0.4) is 0 Å². The van der Waals surface area contributed by atoms with Crippen LogP contribution in [0.15, 0.2) is 48.6 Å². The molecule has 0 spiro atoms. The first-order valence-electron chi connectivity index (χ1n) is 11.5. The Kier molecular flexibility index (Phi) is 15.6. The van der Waals surface area contributed by atoms with Crippen LogP contribution in [0.5, 0.6) is 11.5 Å². The minimum Gasteiger partial charge on any atom is -0.496 e. The first-order valence-corrected chi connectivity index (χ1v) is 12.9. The molecule has 0 radical (unpaired) electrons. The highest BCUT2D eigenvalue weighted by atomic mass is 32.2. The molecule has 0 aliphatic rings. The van der Waals surface area contributed by atoms with Crippen molar-refractivity contribution in [2.45, 2.75) is 45.7 Å². The zero-order valence-electron chi connectivity index (χ0n) is 22.4. The Morgan fingerprint density at radius 3 is 2.29 bits per heavy atom. The SMILES string of the molecule is C=CC(/C=C(C)\C=C/COc1ccc(C(O)CC(C)C)c(OC)c1C)COC=O.COS(=O)(=O)C(F)(F)F. The van der Waals surface area contributed by atoms with E-state index in [4.69, 9.17) is 14.2 Å². The van der Waals surface area contributed by atoms with Crippen molar-refractivity contribution in [3.8, 4) is 11.5 Å². The summed E-state index contributed by atoms with van der Waals surface area (Å²) in [6.45, 7) is 12.9. The average Bonchev–Trinajstić information content (AvgIpc) is 2.84. The van der Waals surface area contributed by atoms with Crippen LogP contribution in [0.1, 0.15) is 44.4 Å². The van der Waals surface area contributed by atoms with Crippen molar-refractivity contribution >= 4 is 16.6 Å². The van der Waals surface area contributed by atoms with E-state index in [0.29, 0.717) is 38.3 Å². The van der Waals surface area contributed by atoms with Crippen molar-refractivity contribution in [2.75, 3.05) is 27.4 Å². The Morgan fingerprint density at radius 2 is 1.84 bits per heavy atom. The highest BCUT2D eigenvalue weighted by Gasteiger charge is 2.46. The summed E-state index contributed by atoms with van der Waals surface area (Å²) in [4.78, 5) is 10.3. The van der Waals surface area contributed by atoms with Crippen molar-refractivity contribution in [2.24, 2.45) is 11.8 Å². The maximum Gasteiger partial charge on any atom is 0.523 e. The molecular weight excluding hydrogens is 529 g/mol. The molecule has 12 heteroatoms. The van der Waals surface area contributed by atoms with Crippen LogP contribution < -0.4 is 9.47 Å². The molecule has 0 fully saturated rings. The molecule has 1 rings (SSSR count). The van der Waals surface area contributed by atoms with Gasteiger partial charge in [-0.3, -0.25) is 8.98 Å². The lowest BCUT2D eigenvalue weighted by Crippen LogP contribution is -2.23. The molecule has 2 unspecified atom stereocenters. The highest BCUT2D eigenvalue weighted by Crippen LogP contribution is 2.36. The number of rotatable bonds is 14. The third-order valence-corrected chi connectivity index (χ3v) is 6.01. The van der Waals surface area contributed by atoms with E-state index in [1.54, 1.807) is 13.2 Å². The molecule has 0 aliphatic heterocycles. The Hall–Kier alpha value is -2.83. The van der Waals surface area contributed by atoms with Gasteiger partial charge in [-0.15, -0.1) is 6.58 Å². The number of ether oxygens (including phenoxy) is 3. The number of aliphatic hydroxyl groups is 1. The number of alkyl halides is 3. The van der Waals surface area contributed by atoms with Crippen molar-refractivity contribution in [3.63, 3.8) is 0 Å². The number of carbonyl (C=O) groups is 1. The lowest BCUT2D eigenvalue weighted by Gasteiger charge is -2.20. The van der Waals surface area contributed by atoms with E-state index in [1.807, 2.05) is 44.2 Å². The summed E-state index contributed by atoms with van der Waals surface area (Å²) < 4.78 is 72.1. The minimum absolute atomic E-state index is 0.0258. The summed E-state index contributed by atoms with van der Waals surface area (Å²) in [7, 11) is -3.28. The summed E-state index contributed by atoms with van der Waals surface area (Å²) >= 11 is 0. The number of halogens is 3. The van der Waals surface area contributed by atoms with Gasteiger partial charge in [-0.1, -0.05) is 37.6 Å². The van der Waals surface area contributed by atoms with Gasteiger partial charge in [0.05, 0.1) is 20.3 Å². The third kappa shape index (κ3) is 12.1. The summed E-state index contributed by atoms with van der Waals surface area (Å²) in [6.07, 6.45) is 7.69. The number of hydrogen-bond donors (Lipinski definition) is 1. The fourth-order valence-electron chi connectivity index (χ4n) is 3.15. The molecule has 8 nitrogen and oxygen atoms in total. The van der Waals surface area contributed by atoms with Gasteiger partial charge in [-0.25, -0.2) is 0 Å². The van der Waals surface area contributed by atoms with E-state index in [1.165, 1.54) is 0 Å². The van der Waals surface area contributed by atoms with E-state index in [0.717, 1.165) is 22.4 Å². The number of methoxy groups -OCH3 is 1. The van der Waals surface area contributed by atoms with Crippen LogP contribution in [-0.2, 0) is 23.8 Å². The Morgan fingerprint density at radius 1 is 1.21 bits per heavy atom. The zero-order chi connectivity index (χ0) is 29.5.